The van der Waals surface area contributed by atoms with E-state index in [0.717, 1.165) is 17.4 Å². The Hall–Kier alpha value is -1.15. The Morgan fingerprint density at radius 3 is 2.92 bits per heavy atom. The molecule has 0 aliphatic carbocycles. The van der Waals surface area contributed by atoms with Crippen LogP contribution in [0.4, 0.5) is 0 Å². The molecule has 0 fully saturated rings. The monoisotopic (exact) mass is 181 g/mol. The number of aromatic nitrogens is 1. The molecule has 12 heavy (non-hydrogen) atoms. The summed E-state index contributed by atoms with van der Waals surface area (Å²) in [4.78, 5) is 13.9. The predicted octanol–water partition coefficient (Wildman–Crippen LogP) is 2.26. The Bertz CT molecular complexity index is 320. The number of carbonyl (C=O) groups excluding carboxylic acids is 1. The fourth-order valence-electron chi connectivity index (χ4n) is 0.850. The summed E-state index contributed by atoms with van der Waals surface area (Å²) in [7, 11) is 0. The van der Waals surface area contributed by atoms with Crippen LogP contribution in [0.25, 0.3) is 6.08 Å². The Balaban J connectivity index is 3.01. The van der Waals surface area contributed by atoms with Gasteiger partial charge in [0.2, 0.25) is 0 Å². The molecule has 0 aliphatic heterocycles. The van der Waals surface area contributed by atoms with Gasteiger partial charge in [0.25, 0.3) is 0 Å². The molecule has 1 aromatic rings. The number of hydrogen-bond acceptors (Lipinski definition) is 2. The van der Waals surface area contributed by atoms with Crippen LogP contribution in [0.5, 0.6) is 0 Å². The number of hydrogen-bond donors (Lipinski definition) is 0. The maximum atomic E-state index is 10.0. The van der Waals surface area contributed by atoms with Crippen LogP contribution in [-0.2, 0) is 4.79 Å². The number of allylic oxidation sites excluding steroid dienone is 1. The van der Waals surface area contributed by atoms with Crippen LogP contribution in [0, 0.1) is 6.92 Å². The van der Waals surface area contributed by atoms with Crippen molar-refractivity contribution in [3.05, 3.63) is 34.6 Å². The molecule has 0 radical (unpaired) electrons. The molecule has 0 spiro atoms. The maximum absolute atomic E-state index is 10.0. The zero-order valence-electron chi connectivity index (χ0n) is 6.62. The van der Waals surface area contributed by atoms with Crippen molar-refractivity contribution in [2.45, 2.75) is 6.92 Å². The highest BCUT2D eigenvalue weighted by Gasteiger charge is 1.95. The first-order chi connectivity index (χ1) is 5.74. The molecule has 0 atom stereocenters. The molecule has 1 aromatic heterocycles. The average molecular weight is 182 g/mol. The predicted molar refractivity (Wildman–Crippen MR) is 49.1 cm³/mol. The third-order valence-corrected chi connectivity index (χ3v) is 1.68. The van der Waals surface area contributed by atoms with Crippen molar-refractivity contribution in [2.75, 3.05) is 0 Å². The van der Waals surface area contributed by atoms with Gasteiger partial charge >= 0.3 is 0 Å². The topological polar surface area (TPSA) is 30.0 Å². The molecule has 0 N–H and O–H groups in total. The molecule has 0 unspecified atom stereocenters. The lowest BCUT2D eigenvalue weighted by Gasteiger charge is -1.98. The molecule has 3 heteroatoms. The number of nitrogens with zero attached hydrogens (tertiary/aromatic N) is 1. The zero-order chi connectivity index (χ0) is 8.97. The van der Waals surface area contributed by atoms with Crippen molar-refractivity contribution in [3.63, 3.8) is 0 Å². The van der Waals surface area contributed by atoms with E-state index in [-0.39, 0.29) is 0 Å². The zero-order valence-corrected chi connectivity index (χ0v) is 7.38. The molecule has 0 amide bonds. The second kappa shape index (κ2) is 4.02. The van der Waals surface area contributed by atoms with E-state index >= 15 is 0 Å². The lowest BCUT2D eigenvalue weighted by Crippen LogP contribution is -1.83. The summed E-state index contributed by atoms with van der Waals surface area (Å²) >= 11 is 5.65. The van der Waals surface area contributed by atoms with E-state index in [9.17, 15) is 4.79 Å². The summed E-state index contributed by atoms with van der Waals surface area (Å²) in [6, 6.07) is 1.76. The lowest BCUT2D eigenvalue weighted by molar-refractivity contribution is -0.104. The fourth-order valence-corrected chi connectivity index (χ4v) is 1.06. The minimum atomic E-state index is 0.468. The molecule has 2 nitrogen and oxygen atoms in total. The van der Waals surface area contributed by atoms with E-state index in [1.165, 1.54) is 6.08 Å². The number of aldehydes is 1. The summed E-state index contributed by atoms with van der Waals surface area (Å²) in [5.74, 6) is 0. The number of aryl methyl sites for hydroxylation is 1. The first kappa shape index (κ1) is 8.94. The van der Waals surface area contributed by atoms with Crippen LogP contribution in [0.2, 0.25) is 5.15 Å². The average Bonchev–Trinajstić information content (AvgIpc) is 2.03. The Morgan fingerprint density at radius 2 is 2.33 bits per heavy atom. The third-order valence-electron chi connectivity index (χ3n) is 1.47. The highest BCUT2D eigenvalue weighted by Crippen LogP contribution is 2.12. The van der Waals surface area contributed by atoms with Crippen LogP contribution < -0.4 is 0 Å². The van der Waals surface area contributed by atoms with Crippen LogP contribution in [0.15, 0.2) is 18.3 Å². The lowest BCUT2D eigenvalue weighted by atomic mass is 10.1. The van der Waals surface area contributed by atoms with Gasteiger partial charge in [0.1, 0.15) is 11.4 Å². The SMILES string of the molecule is Cc1cc(Cl)ncc1C=CC=O. The molecule has 1 rings (SSSR count). The Labute approximate surface area is 75.9 Å². The second-order valence-electron chi connectivity index (χ2n) is 2.36. The highest BCUT2D eigenvalue weighted by atomic mass is 35.5. The van der Waals surface area contributed by atoms with Gasteiger partial charge in [-0.25, -0.2) is 4.98 Å². The molecule has 62 valence electrons. The number of halogens is 1. The van der Waals surface area contributed by atoms with Crippen molar-refractivity contribution in [1.29, 1.82) is 0 Å². The van der Waals surface area contributed by atoms with Crippen LogP contribution in [-0.4, -0.2) is 11.3 Å². The number of carbonyl (C=O) groups is 1. The van der Waals surface area contributed by atoms with E-state index in [4.69, 9.17) is 11.6 Å². The molecule has 0 aromatic carbocycles. The Morgan fingerprint density at radius 1 is 1.58 bits per heavy atom. The minimum Gasteiger partial charge on any atom is -0.299 e. The van der Waals surface area contributed by atoms with E-state index in [0.29, 0.717) is 5.15 Å². The van der Waals surface area contributed by atoms with E-state index in [2.05, 4.69) is 4.98 Å². The molecule has 0 aliphatic rings. The van der Waals surface area contributed by atoms with E-state index in [1.54, 1.807) is 18.3 Å². The van der Waals surface area contributed by atoms with Crippen molar-refractivity contribution in [3.8, 4) is 0 Å². The molecule has 1 heterocycles. The quantitative estimate of drug-likeness (QED) is 0.398. The third kappa shape index (κ3) is 2.17. The Kier molecular flexibility index (Phi) is 3.00. The van der Waals surface area contributed by atoms with Crippen LogP contribution in [0.3, 0.4) is 0 Å². The summed E-state index contributed by atoms with van der Waals surface area (Å²) in [6.45, 7) is 1.91. The van der Waals surface area contributed by atoms with Crippen molar-refractivity contribution in [2.24, 2.45) is 0 Å². The first-order valence-electron chi connectivity index (χ1n) is 3.48. The van der Waals surface area contributed by atoms with Crippen molar-refractivity contribution in [1.82, 2.24) is 4.98 Å². The molecular weight excluding hydrogens is 174 g/mol. The van der Waals surface area contributed by atoms with Gasteiger partial charge in [-0.2, -0.15) is 0 Å². The molecule has 0 bridgehead atoms. The van der Waals surface area contributed by atoms with Gasteiger partial charge in [-0.15, -0.1) is 0 Å². The van der Waals surface area contributed by atoms with Gasteiger partial charge in [0.15, 0.2) is 0 Å². The highest BCUT2D eigenvalue weighted by molar-refractivity contribution is 6.29. The van der Waals surface area contributed by atoms with Gasteiger partial charge in [-0.1, -0.05) is 11.6 Å². The van der Waals surface area contributed by atoms with Gasteiger partial charge in [0, 0.05) is 6.20 Å². The largest absolute Gasteiger partial charge is 0.299 e. The summed E-state index contributed by atoms with van der Waals surface area (Å²) in [6.07, 6.45) is 5.50. The second-order valence-corrected chi connectivity index (χ2v) is 2.75. The van der Waals surface area contributed by atoms with Gasteiger partial charge in [-0.3, -0.25) is 4.79 Å². The van der Waals surface area contributed by atoms with Crippen LogP contribution >= 0.6 is 11.6 Å². The molecule has 0 saturated heterocycles. The minimum absolute atomic E-state index is 0.468. The van der Waals surface area contributed by atoms with Gasteiger partial charge in [-0.05, 0) is 36.3 Å². The molecule has 0 saturated carbocycles. The smallest absolute Gasteiger partial charge is 0.142 e. The number of pyridine rings is 1. The van der Waals surface area contributed by atoms with E-state index in [1.807, 2.05) is 6.92 Å². The number of rotatable bonds is 2. The van der Waals surface area contributed by atoms with Gasteiger partial charge in [0.05, 0.1) is 0 Å². The van der Waals surface area contributed by atoms with E-state index < -0.39 is 0 Å². The normalized spacial score (nSPS) is 10.5. The summed E-state index contributed by atoms with van der Waals surface area (Å²) < 4.78 is 0. The maximum Gasteiger partial charge on any atom is 0.142 e. The summed E-state index contributed by atoms with van der Waals surface area (Å²) in [5, 5.41) is 0.468. The van der Waals surface area contributed by atoms with Crippen molar-refractivity contribution < 1.29 is 4.79 Å². The first-order valence-corrected chi connectivity index (χ1v) is 3.86. The standard InChI is InChI=1S/C9H8ClNO/c1-7-5-9(10)11-6-8(7)3-2-4-12/h2-6H,1H3. The van der Waals surface area contributed by atoms with Gasteiger partial charge < -0.3 is 0 Å². The molecular formula is C9H8ClNO. The summed E-state index contributed by atoms with van der Waals surface area (Å²) in [5.41, 5.74) is 1.92. The fraction of sp³-hybridized carbons (Fsp3) is 0.111. The van der Waals surface area contributed by atoms with Crippen molar-refractivity contribution >= 4 is 24.0 Å². The van der Waals surface area contributed by atoms with Crippen LogP contribution in [0.1, 0.15) is 11.1 Å².